The first-order valence-electron chi connectivity index (χ1n) is 8.40. The summed E-state index contributed by atoms with van der Waals surface area (Å²) in [6.45, 7) is 4.36. The molecule has 2 aromatic heterocycles. The fourth-order valence-electron chi connectivity index (χ4n) is 3.37. The Balaban J connectivity index is 1.95. The summed E-state index contributed by atoms with van der Waals surface area (Å²) in [7, 11) is 1.71. The van der Waals surface area contributed by atoms with E-state index in [9.17, 15) is 0 Å². The number of rotatable bonds is 3. The van der Waals surface area contributed by atoms with Gasteiger partial charge in [0, 0.05) is 27.9 Å². The molecule has 0 saturated heterocycles. The van der Waals surface area contributed by atoms with Gasteiger partial charge in [0.2, 0.25) is 0 Å². The molecule has 0 unspecified atom stereocenters. The first-order chi connectivity index (χ1) is 12.1. The normalized spacial score (nSPS) is 11.8. The van der Waals surface area contributed by atoms with E-state index in [1.807, 2.05) is 30.5 Å². The minimum atomic E-state index is -0.280. The highest BCUT2D eigenvalue weighted by molar-refractivity contribution is 6.02. The van der Waals surface area contributed by atoms with Gasteiger partial charge in [0.15, 0.2) is 0 Å². The van der Waals surface area contributed by atoms with E-state index in [4.69, 9.17) is 9.72 Å². The SMILES string of the molecule is COc1ccccc1C(C)(C)c1ccc2ccc3cccnc3c2n1. The number of hydrogen-bond donors (Lipinski definition) is 0. The quantitative estimate of drug-likeness (QED) is 0.490. The first kappa shape index (κ1) is 15.6. The molecule has 2 aromatic carbocycles. The molecule has 0 aliphatic carbocycles. The Morgan fingerprint density at radius 3 is 2.32 bits per heavy atom. The molecule has 0 spiro atoms. The van der Waals surface area contributed by atoms with Gasteiger partial charge in [0.1, 0.15) is 5.75 Å². The number of pyridine rings is 2. The van der Waals surface area contributed by atoms with Crippen LogP contribution in [-0.4, -0.2) is 17.1 Å². The summed E-state index contributed by atoms with van der Waals surface area (Å²) in [6, 6.07) is 20.6. The number of nitrogens with zero attached hydrogens (tertiary/aromatic N) is 2. The maximum atomic E-state index is 5.57. The molecule has 0 aliphatic rings. The smallest absolute Gasteiger partial charge is 0.122 e. The van der Waals surface area contributed by atoms with Crippen molar-refractivity contribution >= 4 is 21.8 Å². The van der Waals surface area contributed by atoms with Crippen molar-refractivity contribution < 1.29 is 4.74 Å². The molecule has 124 valence electrons. The average molecular weight is 328 g/mol. The Hall–Kier alpha value is -2.94. The van der Waals surface area contributed by atoms with Crippen LogP contribution < -0.4 is 4.74 Å². The highest BCUT2D eigenvalue weighted by Crippen LogP contribution is 2.37. The molecule has 0 radical (unpaired) electrons. The van der Waals surface area contributed by atoms with E-state index < -0.39 is 0 Å². The van der Waals surface area contributed by atoms with Gasteiger partial charge in [0.25, 0.3) is 0 Å². The fraction of sp³-hybridized carbons (Fsp3) is 0.182. The van der Waals surface area contributed by atoms with Crippen molar-refractivity contribution in [1.29, 1.82) is 0 Å². The molecule has 4 rings (SSSR count). The van der Waals surface area contributed by atoms with Gasteiger partial charge in [-0.05, 0) is 18.2 Å². The van der Waals surface area contributed by atoms with Crippen LogP contribution in [0, 0.1) is 0 Å². The zero-order chi connectivity index (χ0) is 17.4. The molecule has 0 amide bonds. The molecule has 0 fully saturated rings. The lowest BCUT2D eigenvalue weighted by atomic mass is 9.80. The predicted octanol–water partition coefficient (Wildman–Crippen LogP) is 5.12. The number of benzene rings is 2. The van der Waals surface area contributed by atoms with Gasteiger partial charge >= 0.3 is 0 Å². The minimum Gasteiger partial charge on any atom is -0.496 e. The molecule has 2 heterocycles. The Morgan fingerprint density at radius 2 is 1.52 bits per heavy atom. The summed E-state index contributed by atoms with van der Waals surface area (Å²) in [5.41, 5.74) is 3.73. The van der Waals surface area contributed by atoms with Crippen LogP contribution >= 0.6 is 0 Å². The number of methoxy groups -OCH3 is 1. The van der Waals surface area contributed by atoms with Crippen molar-refractivity contribution in [1.82, 2.24) is 9.97 Å². The van der Waals surface area contributed by atoms with E-state index in [0.717, 1.165) is 38.8 Å². The number of hydrogen-bond acceptors (Lipinski definition) is 3. The molecule has 0 saturated carbocycles. The van der Waals surface area contributed by atoms with Crippen LogP contribution in [0.1, 0.15) is 25.1 Å². The Morgan fingerprint density at radius 1 is 0.800 bits per heavy atom. The molecule has 3 nitrogen and oxygen atoms in total. The van der Waals surface area contributed by atoms with E-state index in [2.05, 4.69) is 55.2 Å². The van der Waals surface area contributed by atoms with Crippen LogP contribution in [0.3, 0.4) is 0 Å². The van der Waals surface area contributed by atoms with Gasteiger partial charge in [-0.3, -0.25) is 4.98 Å². The molecule has 0 atom stereocenters. The lowest BCUT2D eigenvalue weighted by Gasteiger charge is -2.27. The topological polar surface area (TPSA) is 35.0 Å². The summed E-state index contributed by atoms with van der Waals surface area (Å²) in [5, 5.41) is 2.21. The lowest BCUT2D eigenvalue weighted by molar-refractivity contribution is 0.400. The van der Waals surface area contributed by atoms with Gasteiger partial charge in [-0.1, -0.05) is 56.3 Å². The highest BCUT2D eigenvalue weighted by atomic mass is 16.5. The molecular weight excluding hydrogens is 308 g/mol. The fourth-order valence-corrected chi connectivity index (χ4v) is 3.37. The Kier molecular flexibility index (Phi) is 3.65. The zero-order valence-corrected chi connectivity index (χ0v) is 14.7. The number of fused-ring (bicyclic) bond motifs is 3. The predicted molar refractivity (Wildman–Crippen MR) is 102 cm³/mol. The lowest BCUT2D eigenvalue weighted by Crippen LogP contribution is -2.21. The molecular formula is C22H20N2O. The summed E-state index contributed by atoms with van der Waals surface area (Å²) in [6.07, 6.45) is 1.82. The maximum absolute atomic E-state index is 5.57. The molecule has 3 heteroatoms. The number of aromatic nitrogens is 2. The van der Waals surface area contributed by atoms with Gasteiger partial charge in [-0.2, -0.15) is 0 Å². The van der Waals surface area contributed by atoms with Crippen molar-refractivity contribution in [2.75, 3.05) is 7.11 Å². The Labute approximate surface area is 147 Å². The van der Waals surface area contributed by atoms with Crippen LogP contribution in [0.4, 0.5) is 0 Å². The van der Waals surface area contributed by atoms with E-state index in [-0.39, 0.29) is 5.41 Å². The van der Waals surface area contributed by atoms with Crippen molar-refractivity contribution in [3.8, 4) is 5.75 Å². The van der Waals surface area contributed by atoms with Gasteiger partial charge < -0.3 is 4.74 Å². The monoisotopic (exact) mass is 328 g/mol. The minimum absolute atomic E-state index is 0.280. The van der Waals surface area contributed by atoms with Crippen molar-refractivity contribution in [2.24, 2.45) is 0 Å². The highest BCUT2D eigenvalue weighted by Gasteiger charge is 2.28. The third-order valence-corrected chi connectivity index (χ3v) is 4.85. The maximum Gasteiger partial charge on any atom is 0.122 e. The summed E-state index contributed by atoms with van der Waals surface area (Å²) >= 11 is 0. The zero-order valence-electron chi connectivity index (χ0n) is 14.7. The van der Waals surface area contributed by atoms with Crippen LogP contribution in [0.5, 0.6) is 5.75 Å². The number of ether oxygens (including phenoxy) is 1. The largest absolute Gasteiger partial charge is 0.496 e. The van der Waals surface area contributed by atoms with Gasteiger partial charge in [0.05, 0.1) is 23.8 Å². The second kappa shape index (κ2) is 5.85. The third kappa shape index (κ3) is 2.52. The summed E-state index contributed by atoms with van der Waals surface area (Å²) in [5.74, 6) is 0.880. The molecule has 0 bridgehead atoms. The van der Waals surface area contributed by atoms with Crippen molar-refractivity contribution in [3.05, 3.63) is 78.1 Å². The molecule has 25 heavy (non-hydrogen) atoms. The number of para-hydroxylation sites is 1. The first-order valence-corrected chi connectivity index (χ1v) is 8.40. The Bertz CT molecular complexity index is 1070. The van der Waals surface area contributed by atoms with Gasteiger partial charge in [-0.25, -0.2) is 4.98 Å². The van der Waals surface area contributed by atoms with E-state index in [1.54, 1.807) is 7.11 Å². The molecule has 0 aliphatic heterocycles. The summed E-state index contributed by atoms with van der Waals surface area (Å²) in [4.78, 5) is 9.56. The van der Waals surface area contributed by atoms with Crippen molar-refractivity contribution in [3.63, 3.8) is 0 Å². The average Bonchev–Trinajstić information content (AvgIpc) is 2.67. The second-order valence-corrected chi connectivity index (χ2v) is 6.73. The standard InChI is InChI=1S/C22H20N2O/c1-22(2,17-8-4-5-9-18(17)25-3)19-13-12-16-11-10-15-7-6-14-23-20(15)21(16)24-19/h4-14H,1-3H3. The van der Waals surface area contributed by atoms with Crippen LogP contribution in [-0.2, 0) is 5.41 Å². The summed E-state index contributed by atoms with van der Waals surface area (Å²) < 4.78 is 5.57. The second-order valence-electron chi connectivity index (χ2n) is 6.73. The molecule has 4 aromatic rings. The van der Waals surface area contributed by atoms with Gasteiger partial charge in [-0.15, -0.1) is 0 Å². The third-order valence-electron chi connectivity index (χ3n) is 4.85. The molecule has 0 N–H and O–H groups in total. The van der Waals surface area contributed by atoms with E-state index in [0.29, 0.717) is 0 Å². The van der Waals surface area contributed by atoms with Crippen LogP contribution in [0.15, 0.2) is 66.9 Å². The van der Waals surface area contributed by atoms with Crippen LogP contribution in [0.25, 0.3) is 21.8 Å². The van der Waals surface area contributed by atoms with Crippen LogP contribution in [0.2, 0.25) is 0 Å². The van der Waals surface area contributed by atoms with E-state index >= 15 is 0 Å². The van der Waals surface area contributed by atoms with E-state index in [1.165, 1.54) is 0 Å². The van der Waals surface area contributed by atoms with Crippen molar-refractivity contribution in [2.45, 2.75) is 19.3 Å².